The molecule has 0 radical (unpaired) electrons. The number of H-pyrrole nitrogens is 1. The van der Waals surface area contributed by atoms with Gasteiger partial charge in [-0.05, 0) is 18.2 Å². The first-order valence-corrected chi connectivity index (χ1v) is 8.66. The Balaban J connectivity index is 2.11. The van der Waals surface area contributed by atoms with Gasteiger partial charge in [0.1, 0.15) is 0 Å². The number of rotatable bonds is 4. The van der Waals surface area contributed by atoms with Gasteiger partial charge in [-0.2, -0.15) is 8.78 Å². The van der Waals surface area contributed by atoms with Crippen molar-refractivity contribution in [1.29, 1.82) is 0 Å². The second kappa shape index (κ2) is 5.42. The van der Waals surface area contributed by atoms with Crippen molar-refractivity contribution < 1.29 is 17.2 Å². The molecule has 0 unspecified atom stereocenters. The molecule has 0 saturated heterocycles. The second-order valence-corrected chi connectivity index (χ2v) is 7.39. The van der Waals surface area contributed by atoms with Crippen LogP contribution in [0, 0.1) is 0 Å². The molecular weight excluding hydrogens is 322 g/mol. The molecule has 120 valence electrons. The monoisotopic (exact) mass is 336 g/mol. The van der Waals surface area contributed by atoms with Gasteiger partial charge in [-0.25, -0.2) is 13.4 Å². The molecule has 1 heterocycles. The zero-order valence-corrected chi connectivity index (χ0v) is 13.1. The smallest absolute Gasteiger partial charge is 0.329 e. The molecule has 0 aliphatic heterocycles. The molecule has 23 heavy (non-hydrogen) atoms. The van der Waals surface area contributed by atoms with Crippen molar-refractivity contribution in [2.24, 2.45) is 0 Å². The van der Waals surface area contributed by atoms with Crippen LogP contribution in [0.4, 0.5) is 8.78 Å². The Morgan fingerprint density at radius 1 is 1.13 bits per heavy atom. The van der Waals surface area contributed by atoms with Crippen LogP contribution >= 0.6 is 0 Å². The van der Waals surface area contributed by atoms with Crippen LogP contribution in [-0.4, -0.2) is 24.1 Å². The van der Waals surface area contributed by atoms with E-state index < -0.39 is 21.6 Å². The fourth-order valence-electron chi connectivity index (χ4n) is 2.28. The second-order valence-electron chi connectivity index (χ2n) is 5.11. The Bertz CT molecular complexity index is 951. The summed E-state index contributed by atoms with van der Waals surface area (Å²) >= 11 is 0. The Kier molecular flexibility index (Phi) is 3.68. The van der Waals surface area contributed by atoms with Gasteiger partial charge in [0.15, 0.2) is 15.7 Å². The molecular formula is C16H14F2N2O2S. The molecule has 0 fully saturated rings. The Labute approximate surface area is 132 Å². The predicted octanol–water partition coefficient (Wildman–Crippen LogP) is 3.50. The molecule has 4 nitrogen and oxygen atoms in total. The summed E-state index contributed by atoms with van der Waals surface area (Å²) in [5.74, 6) is -3.85. The minimum atomic E-state index is -3.40. The molecule has 0 atom stereocenters. The summed E-state index contributed by atoms with van der Waals surface area (Å²) in [7, 11) is -3.40. The van der Waals surface area contributed by atoms with Crippen LogP contribution < -0.4 is 0 Å². The van der Waals surface area contributed by atoms with E-state index >= 15 is 0 Å². The van der Waals surface area contributed by atoms with Gasteiger partial charge in [0.2, 0.25) is 0 Å². The molecule has 0 bridgehead atoms. The lowest BCUT2D eigenvalue weighted by Gasteiger charge is -2.13. The van der Waals surface area contributed by atoms with Gasteiger partial charge in [0.05, 0.1) is 21.7 Å². The summed E-state index contributed by atoms with van der Waals surface area (Å²) in [6.07, 6.45) is 0. The number of fused-ring (bicyclic) bond motifs is 1. The van der Waals surface area contributed by atoms with E-state index in [1.807, 2.05) is 0 Å². The highest BCUT2D eigenvalue weighted by atomic mass is 32.2. The topological polar surface area (TPSA) is 62.8 Å². The van der Waals surface area contributed by atoms with Crippen molar-refractivity contribution in [2.75, 3.05) is 5.75 Å². The molecule has 2 aromatic carbocycles. The molecule has 0 aliphatic rings. The summed E-state index contributed by atoms with van der Waals surface area (Å²) < 4.78 is 52.8. The van der Waals surface area contributed by atoms with Gasteiger partial charge in [-0.15, -0.1) is 0 Å². The summed E-state index contributed by atoms with van der Waals surface area (Å²) in [4.78, 5) is 6.54. The van der Waals surface area contributed by atoms with Crippen molar-refractivity contribution in [3.8, 4) is 0 Å². The third-order valence-corrected chi connectivity index (χ3v) is 5.36. The van der Waals surface area contributed by atoms with Crippen molar-refractivity contribution in [3.63, 3.8) is 0 Å². The Morgan fingerprint density at radius 2 is 1.83 bits per heavy atom. The zero-order chi connectivity index (χ0) is 16.7. The molecule has 3 rings (SSSR count). The van der Waals surface area contributed by atoms with E-state index in [0.717, 1.165) is 0 Å². The van der Waals surface area contributed by atoms with Gasteiger partial charge in [0.25, 0.3) is 0 Å². The minimum Gasteiger partial charge on any atom is -0.337 e. The fraction of sp³-hybridized carbons (Fsp3) is 0.188. The number of nitrogens with zero attached hydrogens (tertiary/aromatic N) is 1. The van der Waals surface area contributed by atoms with Crippen LogP contribution in [0.1, 0.15) is 18.3 Å². The summed E-state index contributed by atoms with van der Waals surface area (Å²) in [6, 6.07) is 11.5. The minimum absolute atomic E-state index is 0.0559. The number of sulfone groups is 1. The normalized spacial score (nSPS) is 12.7. The molecule has 0 spiro atoms. The van der Waals surface area contributed by atoms with E-state index in [0.29, 0.717) is 5.52 Å². The highest BCUT2D eigenvalue weighted by Crippen LogP contribution is 2.34. The van der Waals surface area contributed by atoms with Gasteiger partial charge in [-0.1, -0.05) is 37.3 Å². The van der Waals surface area contributed by atoms with Crippen LogP contribution in [-0.2, 0) is 15.8 Å². The number of aromatic nitrogens is 2. The third-order valence-electron chi connectivity index (χ3n) is 3.63. The van der Waals surface area contributed by atoms with Gasteiger partial charge < -0.3 is 4.98 Å². The van der Waals surface area contributed by atoms with E-state index in [1.165, 1.54) is 49.4 Å². The third kappa shape index (κ3) is 2.72. The Morgan fingerprint density at radius 3 is 2.48 bits per heavy atom. The lowest BCUT2D eigenvalue weighted by molar-refractivity contribution is 0.0341. The molecule has 0 amide bonds. The van der Waals surface area contributed by atoms with Gasteiger partial charge >= 0.3 is 5.92 Å². The first-order valence-electron chi connectivity index (χ1n) is 7.01. The summed E-state index contributed by atoms with van der Waals surface area (Å²) in [6.45, 7) is 1.53. The average Bonchev–Trinajstić information content (AvgIpc) is 2.99. The van der Waals surface area contributed by atoms with E-state index in [9.17, 15) is 17.2 Å². The maximum Gasteiger partial charge on any atom is 0.329 e. The number of imidazole rings is 1. The van der Waals surface area contributed by atoms with Crippen molar-refractivity contribution >= 4 is 20.9 Å². The van der Waals surface area contributed by atoms with Crippen LogP contribution in [0.3, 0.4) is 0 Å². The molecule has 7 heteroatoms. The molecule has 0 saturated carbocycles. The number of benzene rings is 2. The van der Waals surface area contributed by atoms with Crippen molar-refractivity contribution in [1.82, 2.24) is 9.97 Å². The molecule has 1 aromatic heterocycles. The predicted molar refractivity (Wildman–Crippen MR) is 83.3 cm³/mol. The largest absolute Gasteiger partial charge is 0.337 e. The highest BCUT2D eigenvalue weighted by Gasteiger charge is 2.37. The number of alkyl halides is 2. The zero-order valence-electron chi connectivity index (χ0n) is 12.3. The van der Waals surface area contributed by atoms with Crippen LogP contribution in [0.25, 0.3) is 11.0 Å². The quantitative estimate of drug-likeness (QED) is 0.793. The maximum atomic E-state index is 14.5. The van der Waals surface area contributed by atoms with E-state index in [1.54, 1.807) is 6.07 Å². The van der Waals surface area contributed by atoms with Crippen LogP contribution in [0.5, 0.6) is 0 Å². The maximum absolute atomic E-state index is 14.5. The first-order chi connectivity index (χ1) is 10.8. The highest BCUT2D eigenvalue weighted by molar-refractivity contribution is 7.91. The molecule has 3 aromatic rings. The first kappa shape index (κ1) is 15.6. The van der Waals surface area contributed by atoms with Crippen LogP contribution in [0.15, 0.2) is 53.4 Å². The lowest BCUT2D eigenvalue weighted by atomic mass is 10.1. The summed E-state index contributed by atoms with van der Waals surface area (Å²) in [5, 5.41) is 0. The number of hydrogen-bond donors (Lipinski definition) is 1. The van der Waals surface area contributed by atoms with Gasteiger partial charge in [0, 0.05) is 5.56 Å². The number of hydrogen-bond acceptors (Lipinski definition) is 3. The molecule has 0 aliphatic carbocycles. The van der Waals surface area contributed by atoms with Crippen molar-refractivity contribution in [2.45, 2.75) is 17.7 Å². The van der Waals surface area contributed by atoms with E-state index in [4.69, 9.17) is 0 Å². The van der Waals surface area contributed by atoms with E-state index in [2.05, 4.69) is 9.97 Å². The number of halogens is 2. The lowest BCUT2D eigenvalue weighted by Crippen LogP contribution is -2.16. The van der Waals surface area contributed by atoms with Crippen LogP contribution in [0.2, 0.25) is 0 Å². The number of aromatic amines is 1. The summed E-state index contributed by atoms with van der Waals surface area (Å²) in [5.41, 5.74) is 0.385. The number of nitrogens with one attached hydrogen (secondary N) is 1. The van der Waals surface area contributed by atoms with Gasteiger partial charge in [-0.3, -0.25) is 0 Å². The fourth-order valence-corrected chi connectivity index (χ4v) is 3.19. The average molecular weight is 336 g/mol. The van der Waals surface area contributed by atoms with Crippen molar-refractivity contribution in [3.05, 3.63) is 59.9 Å². The Hall–Kier alpha value is -2.28. The van der Waals surface area contributed by atoms with E-state index in [-0.39, 0.29) is 21.7 Å². The molecule has 1 N–H and O–H groups in total. The SMILES string of the molecule is CCS(=O)(=O)c1ccc2nc(C(F)(F)c3ccccc3)[nH]c2c1. The standard InChI is InChI=1S/C16H14F2N2O2S/c1-2-23(21,22)12-8-9-13-14(10-12)20-15(19-13)16(17,18)11-6-4-3-5-7-11/h3-10H,2H2,1H3,(H,19,20).